The molecule has 3 rings (SSSR count). The van der Waals surface area contributed by atoms with Gasteiger partial charge in [-0.1, -0.05) is 61.9 Å². The average Bonchev–Trinajstić information content (AvgIpc) is 3.15. The molecule has 1 aromatic carbocycles. The molecule has 0 aliphatic heterocycles. The first-order valence-electron chi connectivity index (χ1n) is 9.49. The Morgan fingerprint density at radius 3 is 2.54 bits per heavy atom. The number of pyridine rings is 1. The smallest absolute Gasteiger partial charge is 0.322 e. The lowest BCUT2D eigenvalue weighted by molar-refractivity contribution is 0.172. The third kappa shape index (κ3) is 5.25. The van der Waals surface area contributed by atoms with Gasteiger partial charge < -0.3 is 4.90 Å². The van der Waals surface area contributed by atoms with E-state index >= 15 is 0 Å². The van der Waals surface area contributed by atoms with Gasteiger partial charge in [0.1, 0.15) is 5.69 Å². The van der Waals surface area contributed by atoms with Crippen LogP contribution in [0.15, 0.2) is 55.0 Å². The minimum Gasteiger partial charge on any atom is -0.322 e. The number of nitrogens with zero attached hydrogens (tertiary/aromatic N) is 5. The minimum absolute atomic E-state index is 0.0229. The fourth-order valence-corrected chi connectivity index (χ4v) is 2.98. The molecule has 3 aromatic rings. The molecule has 0 saturated carbocycles. The van der Waals surface area contributed by atoms with Crippen LogP contribution in [-0.4, -0.2) is 44.0 Å². The van der Waals surface area contributed by atoms with E-state index in [-0.39, 0.29) is 11.4 Å². The second-order valence-electron chi connectivity index (χ2n) is 8.29. The Kier molecular flexibility index (Phi) is 5.87. The van der Waals surface area contributed by atoms with Crippen molar-refractivity contribution in [3.8, 4) is 11.3 Å². The van der Waals surface area contributed by atoms with Gasteiger partial charge in [0, 0.05) is 31.0 Å². The number of carbonyl (C=O) groups excluding carboxylic acids is 1. The molecule has 146 valence electrons. The molecule has 0 aliphatic rings. The number of amides is 1. The summed E-state index contributed by atoms with van der Waals surface area (Å²) in [7, 11) is 0. The number of benzene rings is 1. The predicted octanol–water partition coefficient (Wildman–Crippen LogP) is 4.21. The molecule has 28 heavy (non-hydrogen) atoms. The zero-order valence-corrected chi connectivity index (χ0v) is 17.0. The zero-order valence-electron chi connectivity index (χ0n) is 17.0. The highest BCUT2D eigenvalue weighted by Crippen LogP contribution is 2.19. The van der Waals surface area contributed by atoms with E-state index in [9.17, 15) is 4.79 Å². The van der Waals surface area contributed by atoms with Crippen LogP contribution in [-0.2, 0) is 6.42 Å². The summed E-state index contributed by atoms with van der Waals surface area (Å²) in [4.78, 5) is 19.1. The molecule has 2 aromatic heterocycles. The second kappa shape index (κ2) is 8.33. The molecular formula is C22H27N5O. The van der Waals surface area contributed by atoms with Gasteiger partial charge in [-0.25, -0.2) is 4.79 Å². The van der Waals surface area contributed by atoms with Gasteiger partial charge in [-0.3, -0.25) is 4.98 Å². The van der Waals surface area contributed by atoms with Gasteiger partial charge in [0.05, 0.1) is 6.20 Å². The maximum atomic E-state index is 13.1. The molecule has 0 atom stereocenters. The lowest BCUT2D eigenvalue weighted by atomic mass is 9.96. The molecule has 0 spiro atoms. The summed E-state index contributed by atoms with van der Waals surface area (Å²) in [5, 5.41) is 8.27. The van der Waals surface area contributed by atoms with Crippen molar-refractivity contribution in [3.63, 3.8) is 0 Å². The first kappa shape index (κ1) is 19.7. The molecule has 2 heterocycles. The van der Waals surface area contributed by atoms with Crippen molar-refractivity contribution in [1.82, 2.24) is 24.9 Å². The largest absolute Gasteiger partial charge is 0.346 e. The van der Waals surface area contributed by atoms with E-state index < -0.39 is 0 Å². The summed E-state index contributed by atoms with van der Waals surface area (Å²) in [6.45, 7) is 9.63. The SMILES string of the molecule is Cc1ccc(-c2cn(C(=O)N(CCc3cccnc3)CC(C)(C)C)nn2)cc1. The van der Waals surface area contributed by atoms with Crippen molar-refractivity contribution in [3.05, 3.63) is 66.1 Å². The van der Waals surface area contributed by atoms with Crippen molar-refractivity contribution in [2.45, 2.75) is 34.1 Å². The molecule has 0 saturated heterocycles. The van der Waals surface area contributed by atoms with E-state index in [1.54, 1.807) is 12.4 Å². The lowest BCUT2D eigenvalue weighted by Crippen LogP contribution is -2.41. The number of hydrogen-bond acceptors (Lipinski definition) is 4. The molecule has 1 amide bonds. The maximum absolute atomic E-state index is 13.1. The van der Waals surface area contributed by atoms with E-state index in [1.807, 2.05) is 54.4 Å². The molecule has 0 unspecified atom stereocenters. The molecule has 0 N–H and O–H groups in total. The highest BCUT2D eigenvalue weighted by molar-refractivity contribution is 5.77. The Morgan fingerprint density at radius 2 is 1.89 bits per heavy atom. The number of aryl methyl sites for hydroxylation is 1. The van der Waals surface area contributed by atoms with Crippen molar-refractivity contribution >= 4 is 6.03 Å². The van der Waals surface area contributed by atoms with E-state index in [4.69, 9.17) is 0 Å². The Labute approximate surface area is 166 Å². The van der Waals surface area contributed by atoms with E-state index in [0.717, 1.165) is 17.5 Å². The maximum Gasteiger partial charge on any atom is 0.346 e. The van der Waals surface area contributed by atoms with Gasteiger partial charge in [0.25, 0.3) is 0 Å². The quantitative estimate of drug-likeness (QED) is 0.668. The average molecular weight is 377 g/mol. The predicted molar refractivity (Wildman–Crippen MR) is 110 cm³/mol. The van der Waals surface area contributed by atoms with Crippen molar-refractivity contribution in [2.75, 3.05) is 13.1 Å². The van der Waals surface area contributed by atoms with E-state index in [1.165, 1.54) is 10.2 Å². The molecule has 0 aliphatic carbocycles. The van der Waals surface area contributed by atoms with Crippen molar-refractivity contribution in [2.24, 2.45) is 5.41 Å². The van der Waals surface area contributed by atoms with Gasteiger partial charge in [0.15, 0.2) is 0 Å². The molecular weight excluding hydrogens is 350 g/mol. The zero-order chi connectivity index (χ0) is 20.1. The summed E-state index contributed by atoms with van der Waals surface area (Å²) < 4.78 is 1.34. The van der Waals surface area contributed by atoms with Gasteiger partial charge in [-0.2, -0.15) is 4.68 Å². The van der Waals surface area contributed by atoms with Crippen LogP contribution < -0.4 is 0 Å². The third-order valence-corrected chi connectivity index (χ3v) is 4.37. The summed E-state index contributed by atoms with van der Waals surface area (Å²) in [6.07, 6.45) is 6.04. The normalized spacial score (nSPS) is 11.4. The first-order valence-corrected chi connectivity index (χ1v) is 9.49. The third-order valence-electron chi connectivity index (χ3n) is 4.37. The van der Waals surface area contributed by atoms with Crippen LogP contribution in [0.25, 0.3) is 11.3 Å². The van der Waals surface area contributed by atoms with Gasteiger partial charge in [-0.05, 0) is 30.4 Å². The fourth-order valence-electron chi connectivity index (χ4n) is 2.98. The molecule has 0 radical (unpaired) electrons. The first-order chi connectivity index (χ1) is 13.3. The molecule has 0 fully saturated rings. The topological polar surface area (TPSA) is 63.9 Å². The highest BCUT2D eigenvalue weighted by Gasteiger charge is 2.23. The van der Waals surface area contributed by atoms with E-state index in [0.29, 0.717) is 18.8 Å². The Bertz CT molecular complexity index is 910. The van der Waals surface area contributed by atoms with Crippen molar-refractivity contribution < 1.29 is 4.79 Å². The summed E-state index contributed by atoms with van der Waals surface area (Å²) in [5.74, 6) is 0. The number of aromatic nitrogens is 4. The monoisotopic (exact) mass is 377 g/mol. The number of rotatable bonds is 5. The van der Waals surface area contributed by atoms with Gasteiger partial charge in [0.2, 0.25) is 0 Å². The highest BCUT2D eigenvalue weighted by atomic mass is 16.2. The Hall–Kier alpha value is -3.02. The van der Waals surface area contributed by atoms with Crippen molar-refractivity contribution in [1.29, 1.82) is 0 Å². The van der Waals surface area contributed by atoms with E-state index in [2.05, 4.69) is 36.1 Å². The van der Waals surface area contributed by atoms with Crippen LogP contribution >= 0.6 is 0 Å². The van der Waals surface area contributed by atoms with Crippen LogP contribution in [0.4, 0.5) is 4.79 Å². The van der Waals surface area contributed by atoms with Crippen LogP contribution in [0.5, 0.6) is 0 Å². The second-order valence-corrected chi connectivity index (χ2v) is 8.29. The Morgan fingerprint density at radius 1 is 1.14 bits per heavy atom. The van der Waals surface area contributed by atoms with Gasteiger partial charge in [-0.15, -0.1) is 5.10 Å². The standard InChI is InChI=1S/C22H27N5O/c1-17-7-9-19(10-8-17)20-15-27(25-24-20)21(28)26(16-22(2,3)4)13-11-18-6-5-12-23-14-18/h5-10,12,14-15H,11,13,16H2,1-4H3. The van der Waals surface area contributed by atoms with Crippen LogP contribution in [0, 0.1) is 12.3 Å². The molecule has 0 bridgehead atoms. The number of hydrogen-bond donors (Lipinski definition) is 0. The summed E-state index contributed by atoms with van der Waals surface area (Å²) in [5.41, 5.74) is 3.90. The summed E-state index contributed by atoms with van der Waals surface area (Å²) >= 11 is 0. The molecule has 6 nitrogen and oxygen atoms in total. The Balaban J connectivity index is 1.77. The number of carbonyl (C=O) groups is 1. The fraction of sp³-hybridized carbons (Fsp3) is 0.364. The van der Waals surface area contributed by atoms with Crippen LogP contribution in [0.2, 0.25) is 0 Å². The van der Waals surface area contributed by atoms with Gasteiger partial charge >= 0.3 is 6.03 Å². The summed E-state index contributed by atoms with van der Waals surface area (Å²) in [6, 6.07) is 11.8. The van der Waals surface area contributed by atoms with Crippen LogP contribution in [0.3, 0.4) is 0 Å². The molecule has 6 heteroatoms. The van der Waals surface area contributed by atoms with Crippen LogP contribution in [0.1, 0.15) is 31.9 Å². The lowest BCUT2D eigenvalue weighted by Gasteiger charge is -2.29. The minimum atomic E-state index is -0.162.